The predicted octanol–water partition coefficient (Wildman–Crippen LogP) is 7.36. The topological polar surface area (TPSA) is 75.4 Å². The van der Waals surface area contributed by atoms with Crippen LogP contribution in [0.5, 0.6) is 0 Å². The van der Waals surface area contributed by atoms with E-state index in [1.54, 1.807) is 0 Å². The Kier molecular flexibility index (Phi) is 5.81. The number of fused-ring (bicyclic) bond motifs is 7. The van der Waals surface area contributed by atoms with Gasteiger partial charge in [-0.15, -0.1) is 0 Å². The molecule has 0 radical (unpaired) electrons. The van der Waals surface area contributed by atoms with Crippen LogP contribution in [-0.4, -0.2) is 31.8 Å². The molecular weight excluding hydrogens is 484 g/mol. The second-order valence-corrected chi connectivity index (χ2v) is 16.6. The fraction of sp³-hybridized carbons (Fsp3) is 0.824. The van der Waals surface area contributed by atoms with Gasteiger partial charge in [-0.05, 0) is 103 Å². The second kappa shape index (κ2) is 8.23. The van der Waals surface area contributed by atoms with Crippen molar-refractivity contribution in [3.05, 3.63) is 29.9 Å². The molecule has 39 heavy (non-hydrogen) atoms. The first kappa shape index (κ1) is 27.5. The number of carboxylic acids is 1. The molecule has 0 aliphatic heterocycles. The lowest BCUT2D eigenvalue weighted by molar-refractivity contribution is -0.211. The summed E-state index contributed by atoms with van der Waals surface area (Å²) in [6.45, 7) is 16.9. The number of rotatable bonds is 2. The third-order valence-corrected chi connectivity index (χ3v) is 14.2. The molecule has 0 bridgehead atoms. The Bertz CT molecular complexity index is 1210. The smallest absolute Gasteiger partial charge is 0.310 e. The average molecular weight is 537 g/mol. The number of aliphatic hydroxyl groups is 1. The maximum absolute atomic E-state index is 12.9. The number of imidazole rings is 1. The molecule has 2 N–H and O–H groups in total. The Morgan fingerprint density at radius 1 is 0.974 bits per heavy atom. The number of hydrogen-bond acceptors (Lipinski definition) is 3. The molecule has 4 fully saturated rings. The highest BCUT2D eigenvalue weighted by Gasteiger charge is 2.70. The summed E-state index contributed by atoms with van der Waals surface area (Å²) in [7, 11) is 2.06. The molecular formula is C34H52N2O3. The highest BCUT2D eigenvalue weighted by molar-refractivity contribution is 5.76. The molecule has 5 aliphatic rings. The molecule has 1 aromatic rings. The van der Waals surface area contributed by atoms with Crippen molar-refractivity contribution >= 4 is 5.97 Å². The van der Waals surface area contributed by atoms with Crippen LogP contribution in [-0.2, 0) is 11.8 Å². The second-order valence-electron chi connectivity index (χ2n) is 16.6. The van der Waals surface area contributed by atoms with Gasteiger partial charge in [0.1, 0.15) is 5.82 Å². The minimum absolute atomic E-state index is 0.0137. The van der Waals surface area contributed by atoms with Crippen LogP contribution in [0, 0.1) is 50.2 Å². The first-order valence-electron chi connectivity index (χ1n) is 15.6. The van der Waals surface area contributed by atoms with Crippen molar-refractivity contribution in [2.45, 2.75) is 118 Å². The molecule has 9 atom stereocenters. The molecule has 0 unspecified atom stereocenters. The lowest BCUT2D eigenvalue weighted by Crippen LogP contribution is -2.66. The molecule has 5 heteroatoms. The number of aromatic nitrogens is 2. The van der Waals surface area contributed by atoms with Gasteiger partial charge in [0.2, 0.25) is 0 Å². The van der Waals surface area contributed by atoms with Gasteiger partial charge in [0.25, 0.3) is 0 Å². The zero-order chi connectivity index (χ0) is 28.4. The molecule has 0 aromatic carbocycles. The molecule has 0 spiro atoms. The van der Waals surface area contributed by atoms with Gasteiger partial charge in [0.05, 0.1) is 11.5 Å². The van der Waals surface area contributed by atoms with Crippen LogP contribution in [0.3, 0.4) is 0 Å². The zero-order valence-electron chi connectivity index (χ0n) is 25.7. The molecule has 1 aromatic heterocycles. The summed E-state index contributed by atoms with van der Waals surface area (Å²) < 4.78 is 2.10. The molecule has 0 saturated heterocycles. The maximum Gasteiger partial charge on any atom is 0.310 e. The van der Waals surface area contributed by atoms with E-state index in [1.807, 2.05) is 12.4 Å². The summed E-state index contributed by atoms with van der Waals surface area (Å²) >= 11 is 0. The molecule has 5 aliphatic carbocycles. The fourth-order valence-electron chi connectivity index (χ4n) is 11.8. The van der Waals surface area contributed by atoms with Gasteiger partial charge in [-0.1, -0.05) is 60.1 Å². The van der Waals surface area contributed by atoms with E-state index in [4.69, 9.17) is 4.98 Å². The minimum atomic E-state index is -0.592. The van der Waals surface area contributed by atoms with E-state index in [2.05, 4.69) is 66.2 Å². The predicted molar refractivity (Wildman–Crippen MR) is 154 cm³/mol. The van der Waals surface area contributed by atoms with Gasteiger partial charge >= 0.3 is 5.97 Å². The summed E-state index contributed by atoms with van der Waals surface area (Å²) in [6.07, 6.45) is 14.9. The first-order chi connectivity index (χ1) is 18.0. The van der Waals surface area contributed by atoms with Crippen LogP contribution < -0.4 is 0 Å². The standard InChI is InChI=1S/C34H52N2O3/c1-29(2)13-15-34(28(38)39)16-14-32(6)22(23(34)20-29)9-10-25-31(5)19-21(27-35-17-18-36(27)8)26(37)30(3,4)24(31)11-12-33(25,32)7/h9,17-18,21,23-26,37H,10-16,19-20H2,1-8H3,(H,38,39)/t21-,23+,24+,25-,26+,31+,32-,33-,34+/m1/s1. The van der Waals surface area contributed by atoms with E-state index >= 15 is 0 Å². The van der Waals surface area contributed by atoms with E-state index in [1.165, 1.54) is 5.57 Å². The van der Waals surface area contributed by atoms with Crippen molar-refractivity contribution in [3.8, 4) is 0 Å². The molecule has 1 heterocycles. The number of aliphatic carboxylic acids is 1. The van der Waals surface area contributed by atoms with Gasteiger partial charge in [0, 0.05) is 25.4 Å². The van der Waals surface area contributed by atoms with Gasteiger partial charge < -0.3 is 14.8 Å². The number of aryl methyl sites for hydroxylation is 1. The van der Waals surface area contributed by atoms with Gasteiger partial charge in [0.15, 0.2) is 0 Å². The van der Waals surface area contributed by atoms with E-state index < -0.39 is 17.5 Å². The van der Waals surface area contributed by atoms with Crippen LogP contribution in [0.2, 0.25) is 0 Å². The molecule has 216 valence electrons. The molecule has 4 saturated carbocycles. The van der Waals surface area contributed by atoms with Gasteiger partial charge in [-0.2, -0.15) is 0 Å². The number of nitrogens with zero attached hydrogens (tertiary/aromatic N) is 2. The molecule has 6 rings (SSSR count). The van der Waals surface area contributed by atoms with Crippen LogP contribution in [0.4, 0.5) is 0 Å². The SMILES string of the molecule is Cn1ccnc1[C@@H]1C[C@]2(C)[C@H]3CC=C4[C@@H]5CC(C)(C)CC[C@]5(C(=O)O)CC[C@@]4(C)[C@]3(C)CC[C@H]2C(C)(C)[C@H]1O. The monoisotopic (exact) mass is 536 g/mol. The quantitative estimate of drug-likeness (QED) is 0.387. The third kappa shape index (κ3) is 3.40. The average Bonchev–Trinajstić information content (AvgIpc) is 3.27. The first-order valence-corrected chi connectivity index (χ1v) is 15.6. The Morgan fingerprint density at radius 2 is 1.67 bits per heavy atom. The minimum Gasteiger partial charge on any atom is -0.481 e. The van der Waals surface area contributed by atoms with E-state index in [-0.39, 0.29) is 38.9 Å². The highest BCUT2D eigenvalue weighted by Crippen LogP contribution is 2.76. The number of carbonyl (C=O) groups is 1. The Hall–Kier alpha value is -1.62. The van der Waals surface area contributed by atoms with Crippen molar-refractivity contribution in [3.63, 3.8) is 0 Å². The van der Waals surface area contributed by atoms with Crippen molar-refractivity contribution in [2.75, 3.05) is 0 Å². The number of allylic oxidation sites excluding steroid dienone is 2. The largest absolute Gasteiger partial charge is 0.481 e. The van der Waals surface area contributed by atoms with Crippen LogP contribution >= 0.6 is 0 Å². The summed E-state index contributed by atoms with van der Waals surface area (Å²) in [5, 5.41) is 22.4. The van der Waals surface area contributed by atoms with E-state index in [9.17, 15) is 15.0 Å². The molecule has 0 amide bonds. The molecule has 5 nitrogen and oxygen atoms in total. The van der Waals surface area contributed by atoms with Crippen molar-refractivity contribution in [1.82, 2.24) is 9.55 Å². The summed E-state index contributed by atoms with van der Waals surface area (Å²) in [5.74, 6) is 1.56. The van der Waals surface area contributed by atoms with Crippen LogP contribution in [0.1, 0.15) is 118 Å². The van der Waals surface area contributed by atoms with E-state index in [0.29, 0.717) is 11.8 Å². The Labute approximate surface area is 235 Å². The summed E-state index contributed by atoms with van der Waals surface area (Å²) in [6, 6.07) is 0. The third-order valence-electron chi connectivity index (χ3n) is 14.2. The van der Waals surface area contributed by atoms with Crippen molar-refractivity contribution in [2.24, 2.45) is 57.3 Å². The summed E-state index contributed by atoms with van der Waals surface area (Å²) in [4.78, 5) is 17.7. The van der Waals surface area contributed by atoms with Crippen LogP contribution in [0.15, 0.2) is 24.0 Å². The fourth-order valence-corrected chi connectivity index (χ4v) is 11.8. The van der Waals surface area contributed by atoms with Gasteiger partial charge in [-0.3, -0.25) is 4.79 Å². The maximum atomic E-state index is 12.9. The van der Waals surface area contributed by atoms with Gasteiger partial charge in [-0.25, -0.2) is 4.98 Å². The van der Waals surface area contributed by atoms with E-state index in [0.717, 1.165) is 63.6 Å². The highest BCUT2D eigenvalue weighted by atomic mass is 16.4. The lowest BCUT2D eigenvalue weighted by Gasteiger charge is -2.71. The Morgan fingerprint density at radius 3 is 2.31 bits per heavy atom. The number of carboxylic acid groups (broad SMARTS) is 1. The number of aliphatic hydroxyl groups excluding tert-OH is 1. The van der Waals surface area contributed by atoms with Crippen LogP contribution in [0.25, 0.3) is 0 Å². The lowest BCUT2D eigenvalue weighted by atomic mass is 9.33. The normalized spacial score (nSPS) is 48.1. The van der Waals surface area contributed by atoms with Crippen molar-refractivity contribution in [1.29, 1.82) is 0 Å². The zero-order valence-corrected chi connectivity index (χ0v) is 25.7. The number of hydrogen-bond donors (Lipinski definition) is 2. The van der Waals surface area contributed by atoms with Crippen molar-refractivity contribution < 1.29 is 15.0 Å². The Balaban J connectivity index is 1.45. The summed E-state index contributed by atoms with van der Waals surface area (Å²) in [5.41, 5.74) is 1.08.